The molecule has 0 bridgehead atoms. The predicted molar refractivity (Wildman–Crippen MR) is 108 cm³/mol. The Bertz CT molecular complexity index is 681. The molecule has 3 unspecified atom stereocenters. The summed E-state index contributed by atoms with van der Waals surface area (Å²) in [6.45, 7) is -1.11. The number of guanidine groups is 1. The maximum absolute atomic E-state index is 12.7. The molecular weight excluding hydrogens is 416 g/mol. The molecule has 0 radical (unpaired) electrons. The van der Waals surface area contributed by atoms with E-state index in [4.69, 9.17) is 33.1 Å². The lowest BCUT2D eigenvalue weighted by Gasteiger charge is -2.24. The zero-order chi connectivity index (χ0) is 24.0. The molecule has 176 valence electrons. The normalized spacial score (nSPS) is 13.2. The van der Waals surface area contributed by atoms with E-state index in [-0.39, 0.29) is 38.3 Å². The lowest BCUT2D eigenvalue weighted by molar-refractivity contribution is -0.143. The van der Waals surface area contributed by atoms with Gasteiger partial charge in [0.1, 0.15) is 18.1 Å². The summed E-state index contributed by atoms with van der Waals surface area (Å²) < 4.78 is 0. The van der Waals surface area contributed by atoms with E-state index in [0.717, 1.165) is 0 Å². The maximum Gasteiger partial charge on any atom is 0.328 e. The first kappa shape index (κ1) is 27.5. The first-order valence-corrected chi connectivity index (χ1v) is 9.29. The molecule has 0 saturated carbocycles. The molecule has 3 atom stereocenters. The SMILES string of the molecule is NCC(=O)NC(CCCN=C(N)N)C(=O)NC(CCC(N)=O)C(=O)NC(CO)C(=O)O. The molecule has 0 aromatic rings. The molecule has 31 heavy (non-hydrogen) atoms. The number of primary amides is 1. The highest BCUT2D eigenvalue weighted by molar-refractivity contribution is 5.93. The second kappa shape index (κ2) is 14.5. The van der Waals surface area contributed by atoms with Crippen molar-refractivity contribution in [2.45, 2.75) is 43.8 Å². The number of nitrogens with zero attached hydrogens (tertiary/aromatic N) is 1. The fourth-order valence-corrected chi connectivity index (χ4v) is 2.31. The van der Waals surface area contributed by atoms with E-state index in [9.17, 15) is 24.0 Å². The van der Waals surface area contributed by atoms with Gasteiger partial charge < -0.3 is 49.1 Å². The Morgan fingerprint density at radius 3 is 1.87 bits per heavy atom. The van der Waals surface area contributed by atoms with Gasteiger partial charge in [0.05, 0.1) is 13.2 Å². The van der Waals surface area contributed by atoms with Gasteiger partial charge in [0.2, 0.25) is 23.6 Å². The van der Waals surface area contributed by atoms with Crippen LogP contribution in [0.3, 0.4) is 0 Å². The molecule has 0 heterocycles. The third kappa shape index (κ3) is 12.0. The Hall–Kier alpha value is -3.46. The molecule has 0 rings (SSSR count). The average molecular weight is 446 g/mol. The van der Waals surface area contributed by atoms with Crippen LogP contribution >= 0.6 is 0 Å². The molecule has 15 nitrogen and oxygen atoms in total. The molecule has 0 aliphatic heterocycles. The smallest absolute Gasteiger partial charge is 0.328 e. The van der Waals surface area contributed by atoms with Crippen molar-refractivity contribution in [2.24, 2.45) is 27.9 Å². The van der Waals surface area contributed by atoms with Gasteiger partial charge in [-0.25, -0.2) is 4.79 Å². The van der Waals surface area contributed by atoms with Crippen LogP contribution in [0.5, 0.6) is 0 Å². The molecule has 13 N–H and O–H groups in total. The van der Waals surface area contributed by atoms with Gasteiger partial charge in [-0.15, -0.1) is 0 Å². The van der Waals surface area contributed by atoms with E-state index in [1.54, 1.807) is 0 Å². The van der Waals surface area contributed by atoms with Crippen LogP contribution in [0.4, 0.5) is 0 Å². The topological polar surface area (TPSA) is 278 Å². The highest BCUT2D eigenvalue weighted by atomic mass is 16.4. The molecule has 0 spiro atoms. The number of aliphatic carboxylic acids is 1. The molecule has 0 aromatic carbocycles. The Labute approximate surface area is 178 Å². The maximum atomic E-state index is 12.7. The Morgan fingerprint density at radius 1 is 0.871 bits per heavy atom. The highest BCUT2D eigenvalue weighted by Gasteiger charge is 2.29. The number of carbonyl (C=O) groups is 5. The molecule has 0 aliphatic rings. The molecule has 0 fully saturated rings. The van der Waals surface area contributed by atoms with Gasteiger partial charge in [0, 0.05) is 13.0 Å². The van der Waals surface area contributed by atoms with Crippen molar-refractivity contribution < 1.29 is 34.2 Å². The zero-order valence-electron chi connectivity index (χ0n) is 16.9. The monoisotopic (exact) mass is 446 g/mol. The van der Waals surface area contributed by atoms with Crippen LogP contribution < -0.4 is 38.9 Å². The van der Waals surface area contributed by atoms with Crippen molar-refractivity contribution in [1.82, 2.24) is 16.0 Å². The first-order chi connectivity index (χ1) is 14.5. The zero-order valence-corrected chi connectivity index (χ0v) is 16.9. The van der Waals surface area contributed by atoms with E-state index in [2.05, 4.69) is 15.6 Å². The van der Waals surface area contributed by atoms with Crippen LogP contribution in [0.2, 0.25) is 0 Å². The van der Waals surface area contributed by atoms with E-state index in [1.165, 1.54) is 0 Å². The number of nitrogens with one attached hydrogen (secondary N) is 3. The Kier molecular flexibility index (Phi) is 12.9. The Balaban J connectivity index is 5.34. The van der Waals surface area contributed by atoms with Crippen LogP contribution in [0, 0.1) is 0 Å². The number of carboxylic acid groups (broad SMARTS) is 1. The molecule has 0 aliphatic carbocycles. The number of nitrogens with two attached hydrogens (primary N) is 4. The minimum atomic E-state index is -1.62. The number of hydrogen-bond acceptors (Lipinski definition) is 8. The van der Waals surface area contributed by atoms with E-state index < -0.39 is 54.3 Å². The fourth-order valence-electron chi connectivity index (χ4n) is 2.31. The number of aliphatic hydroxyl groups is 1. The van der Waals surface area contributed by atoms with Gasteiger partial charge in [-0.05, 0) is 19.3 Å². The average Bonchev–Trinajstić information content (AvgIpc) is 2.70. The van der Waals surface area contributed by atoms with Crippen molar-refractivity contribution in [3.63, 3.8) is 0 Å². The van der Waals surface area contributed by atoms with Gasteiger partial charge >= 0.3 is 5.97 Å². The second-order valence-corrected chi connectivity index (χ2v) is 6.42. The highest BCUT2D eigenvalue weighted by Crippen LogP contribution is 2.04. The number of amides is 4. The minimum Gasteiger partial charge on any atom is -0.480 e. The fraction of sp³-hybridized carbons (Fsp3) is 0.625. The number of hydrogen-bond donors (Lipinski definition) is 9. The summed E-state index contributed by atoms with van der Waals surface area (Å²) in [4.78, 5) is 62.6. The number of aliphatic imine (C=N–C) groups is 1. The summed E-state index contributed by atoms with van der Waals surface area (Å²) in [5, 5.41) is 24.8. The summed E-state index contributed by atoms with van der Waals surface area (Å²) >= 11 is 0. The Morgan fingerprint density at radius 2 is 1.42 bits per heavy atom. The summed E-state index contributed by atoms with van der Waals surface area (Å²) in [6, 6.07) is -4.08. The molecule has 4 amide bonds. The summed E-state index contributed by atoms with van der Waals surface area (Å²) in [6.07, 6.45) is -0.146. The van der Waals surface area contributed by atoms with E-state index >= 15 is 0 Å². The molecule has 15 heteroatoms. The van der Waals surface area contributed by atoms with Crippen LogP contribution in [0.15, 0.2) is 4.99 Å². The second-order valence-electron chi connectivity index (χ2n) is 6.42. The third-order valence-corrected chi connectivity index (χ3v) is 3.89. The number of carbonyl (C=O) groups excluding carboxylic acids is 4. The summed E-state index contributed by atoms with van der Waals surface area (Å²) in [7, 11) is 0. The lowest BCUT2D eigenvalue weighted by atomic mass is 10.1. The van der Waals surface area contributed by atoms with Crippen molar-refractivity contribution in [1.29, 1.82) is 0 Å². The van der Waals surface area contributed by atoms with Crippen molar-refractivity contribution >= 4 is 35.6 Å². The van der Waals surface area contributed by atoms with Crippen LogP contribution in [0.1, 0.15) is 25.7 Å². The molecular formula is C16H30N8O7. The molecule has 0 saturated heterocycles. The van der Waals surface area contributed by atoms with E-state index in [0.29, 0.717) is 6.42 Å². The first-order valence-electron chi connectivity index (χ1n) is 9.29. The number of rotatable bonds is 15. The summed E-state index contributed by atoms with van der Waals surface area (Å²) in [5.41, 5.74) is 20.8. The predicted octanol–water partition coefficient (Wildman–Crippen LogP) is -5.20. The lowest BCUT2D eigenvalue weighted by Crippen LogP contribution is -2.56. The standard InChI is InChI=1S/C16H30N8O7/c17-6-12(27)22-8(2-1-5-21-16(19)20)13(28)23-9(3-4-11(18)26)14(29)24-10(7-25)15(30)31/h8-10,25H,1-7,17H2,(H2,18,26)(H,22,27)(H,23,28)(H,24,29)(H,30,31)(H4,19,20,21). The number of aliphatic hydroxyl groups excluding tert-OH is 1. The van der Waals surface area contributed by atoms with Gasteiger partial charge in [-0.2, -0.15) is 0 Å². The van der Waals surface area contributed by atoms with Gasteiger partial charge in [0.25, 0.3) is 0 Å². The van der Waals surface area contributed by atoms with Gasteiger partial charge in [0.15, 0.2) is 5.96 Å². The van der Waals surface area contributed by atoms with Crippen LogP contribution in [-0.2, 0) is 24.0 Å². The minimum absolute atomic E-state index is 0.0902. The van der Waals surface area contributed by atoms with Crippen LogP contribution in [0.25, 0.3) is 0 Å². The van der Waals surface area contributed by atoms with E-state index in [1.807, 2.05) is 5.32 Å². The summed E-state index contributed by atoms with van der Waals surface area (Å²) in [5.74, 6) is -4.77. The van der Waals surface area contributed by atoms with Crippen molar-refractivity contribution in [3.8, 4) is 0 Å². The number of carboxylic acids is 1. The van der Waals surface area contributed by atoms with Crippen molar-refractivity contribution in [2.75, 3.05) is 19.7 Å². The third-order valence-electron chi connectivity index (χ3n) is 3.89. The van der Waals surface area contributed by atoms with Crippen molar-refractivity contribution in [3.05, 3.63) is 0 Å². The largest absolute Gasteiger partial charge is 0.480 e. The quantitative estimate of drug-likeness (QED) is 0.0654. The van der Waals surface area contributed by atoms with Crippen LogP contribution in [-0.4, -0.2) is 83.6 Å². The van der Waals surface area contributed by atoms with Gasteiger partial charge in [-0.1, -0.05) is 0 Å². The molecule has 0 aromatic heterocycles. The van der Waals surface area contributed by atoms with Gasteiger partial charge in [-0.3, -0.25) is 24.2 Å².